The average Bonchev–Trinajstić information content (AvgIpc) is 2.64. The van der Waals surface area contributed by atoms with Crippen molar-refractivity contribution in [3.8, 4) is 0 Å². The number of amides is 3. The maximum Gasteiger partial charge on any atom is 0.319 e. The van der Waals surface area contributed by atoms with E-state index in [4.69, 9.17) is 0 Å². The fourth-order valence-electron chi connectivity index (χ4n) is 2.70. The van der Waals surface area contributed by atoms with Crippen LogP contribution in [-0.2, 0) is 11.2 Å². The van der Waals surface area contributed by atoms with Crippen molar-refractivity contribution in [3.05, 3.63) is 65.5 Å². The normalized spacial score (nSPS) is 11.7. The molecule has 144 valence electrons. The smallest absolute Gasteiger partial charge is 0.319 e. The Morgan fingerprint density at radius 1 is 1.07 bits per heavy atom. The van der Waals surface area contributed by atoms with Crippen molar-refractivity contribution in [2.24, 2.45) is 0 Å². The first-order valence-corrected chi connectivity index (χ1v) is 8.66. The number of carbonyl (C=O) groups excluding carboxylic acids is 2. The topological polar surface area (TPSA) is 73.5 Å². The van der Waals surface area contributed by atoms with E-state index >= 15 is 0 Å². The summed E-state index contributed by atoms with van der Waals surface area (Å²) in [6, 6.07) is 12.9. The molecule has 0 aliphatic heterocycles. The summed E-state index contributed by atoms with van der Waals surface area (Å²) < 4.78 is 13.1. The lowest BCUT2D eigenvalue weighted by molar-refractivity contribution is -0.119. The van der Waals surface area contributed by atoms with Gasteiger partial charge in [0.15, 0.2) is 0 Å². The lowest BCUT2D eigenvalue weighted by Gasteiger charge is -2.25. The molecule has 1 unspecified atom stereocenters. The van der Waals surface area contributed by atoms with E-state index in [2.05, 4.69) is 16.0 Å². The average molecular weight is 372 g/mol. The third-order valence-corrected chi connectivity index (χ3v) is 4.23. The van der Waals surface area contributed by atoms with Gasteiger partial charge in [0.1, 0.15) is 5.82 Å². The molecule has 6 nitrogen and oxygen atoms in total. The van der Waals surface area contributed by atoms with Crippen LogP contribution in [0, 0.1) is 5.82 Å². The molecule has 0 aliphatic carbocycles. The Bertz CT molecular complexity index is 778. The highest BCUT2D eigenvalue weighted by atomic mass is 19.1. The van der Waals surface area contributed by atoms with Crippen molar-refractivity contribution in [2.45, 2.75) is 12.5 Å². The number of para-hydroxylation sites is 1. The van der Waals surface area contributed by atoms with Crippen LogP contribution in [0.15, 0.2) is 48.5 Å². The van der Waals surface area contributed by atoms with E-state index in [1.165, 1.54) is 12.1 Å². The number of urea groups is 1. The summed E-state index contributed by atoms with van der Waals surface area (Å²) in [7, 11) is 5.36. The summed E-state index contributed by atoms with van der Waals surface area (Å²) in [6.45, 7) is 0.349. The molecule has 1 atom stereocenters. The van der Waals surface area contributed by atoms with Crippen molar-refractivity contribution < 1.29 is 14.0 Å². The summed E-state index contributed by atoms with van der Waals surface area (Å²) in [5.74, 6) is -0.427. The third-order valence-electron chi connectivity index (χ3n) is 4.23. The number of rotatable bonds is 7. The maximum atomic E-state index is 13.1. The largest absolute Gasteiger partial charge is 0.359 e. The summed E-state index contributed by atoms with van der Waals surface area (Å²) in [6.07, 6.45) is 0.183. The zero-order chi connectivity index (χ0) is 19.8. The third kappa shape index (κ3) is 6.07. The highest BCUT2D eigenvalue weighted by Crippen LogP contribution is 2.18. The molecule has 0 spiro atoms. The summed E-state index contributed by atoms with van der Waals surface area (Å²) in [5, 5.41) is 8.19. The van der Waals surface area contributed by atoms with Gasteiger partial charge in [-0.05, 0) is 43.4 Å². The van der Waals surface area contributed by atoms with Crippen molar-refractivity contribution in [1.82, 2.24) is 15.5 Å². The molecule has 0 aromatic heterocycles. The number of likely N-dealkylation sites (N-methyl/N-ethyl adjacent to an activating group) is 2. The highest BCUT2D eigenvalue weighted by Gasteiger charge is 2.16. The zero-order valence-electron chi connectivity index (χ0n) is 15.8. The van der Waals surface area contributed by atoms with E-state index in [1.54, 1.807) is 37.4 Å². The number of hydrogen-bond acceptors (Lipinski definition) is 3. The van der Waals surface area contributed by atoms with Crippen molar-refractivity contribution in [2.75, 3.05) is 33.0 Å². The molecule has 0 radical (unpaired) electrons. The lowest BCUT2D eigenvalue weighted by atomic mass is 10.1. The summed E-state index contributed by atoms with van der Waals surface area (Å²) >= 11 is 0. The van der Waals surface area contributed by atoms with Crippen molar-refractivity contribution >= 4 is 17.6 Å². The Morgan fingerprint density at radius 2 is 1.74 bits per heavy atom. The molecule has 2 aromatic carbocycles. The van der Waals surface area contributed by atoms with Gasteiger partial charge in [0.05, 0.1) is 12.5 Å². The Labute approximate surface area is 158 Å². The molecule has 3 amide bonds. The van der Waals surface area contributed by atoms with E-state index in [1.807, 2.05) is 25.1 Å². The van der Waals surface area contributed by atoms with E-state index in [0.717, 1.165) is 11.1 Å². The molecular formula is C20H25FN4O2. The minimum absolute atomic E-state index is 0.0996. The molecule has 0 heterocycles. The fraction of sp³-hybridized carbons (Fsp3) is 0.300. The second-order valence-corrected chi connectivity index (χ2v) is 6.37. The van der Waals surface area contributed by atoms with Crippen LogP contribution in [0.5, 0.6) is 0 Å². The number of halogens is 1. The second-order valence-electron chi connectivity index (χ2n) is 6.37. The van der Waals surface area contributed by atoms with Gasteiger partial charge in [-0.1, -0.05) is 30.3 Å². The van der Waals surface area contributed by atoms with E-state index in [-0.39, 0.29) is 30.2 Å². The summed E-state index contributed by atoms with van der Waals surface area (Å²) in [5.41, 5.74) is 2.22. The fourth-order valence-corrected chi connectivity index (χ4v) is 2.70. The quantitative estimate of drug-likeness (QED) is 0.699. The molecule has 0 saturated carbocycles. The summed E-state index contributed by atoms with van der Waals surface area (Å²) in [4.78, 5) is 25.9. The molecule has 2 aromatic rings. The van der Waals surface area contributed by atoms with Crippen LogP contribution in [0.25, 0.3) is 0 Å². The van der Waals surface area contributed by atoms with Crippen LogP contribution in [-0.4, -0.2) is 44.5 Å². The van der Waals surface area contributed by atoms with E-state index in [0.29, 0.717) is 12.2 Å². The molecule has 0 saturated heterocycles. The van der Waals surface area contributed by atoms with Gasteiger partial charge in [0.25, 0.3) is 0 Å². The SMILES string of the molecule is CNC(=O)Cc1ccccc1NC(=O)NCC(c1ccc(F)cc1)N(C)C. The van der Waals surface area contributed by atoms with Gasteiger partial charge in [0, 0.05) is 19.3 Å². The van der Waals surface area contributed by atoms with Crippen LogP contribution in [0.2, 0.25) is 0 Å². The van der Waals surface area contributed by atoms with Gasteiger partial charge in [-0.25, -0.2) is 9.18 Å². The van der Waals surface area contributed by atoms with Gasteiger partial charge in [-0.3, -0.25) is 4.79 Å². The van der Waals surface area contributed by atoms with Gasteiger partial charge < -0.3 is 20.9 Å². The maximum absolute atomic E-state index is 13.1. The molecule has 0 fully saturated rings. The van der Waals surface area contributed by atoms with Crippen molar-refractivity contribution in [1.29, 1.82) is 0 Å². The highest BCUT2D eigenvalue weighted by molar-refractivity contribution is 5.91. The predicted molar refractivity (Wildman–Crippen MR) is 104 cm³/mol. The number of hydrogen-bond donors (Lipinski definition) is 3. The van der Waals surface area contributed by atoms with Crippen molar-refractivity contribution in [3.63, 3.8) is 0 Å². The molecule has 2 rings (SSSR count). The minimum atomic E-state index is -0.367. The molecule has 7 heteroatoms. The van der Waals surface area contributed by atoms with Crippen LogP contribution in [0.4, 0.5) is 14.9 Å². The number of nitrogens with one attached hydrogen (secondary N) is 3. The van der Waals surface area contributed by atoms with Gasteiger partial charge >= 0.3 is 6.03 Å². The Morgan fingerprint density at radius 3 is 2.37 bits per heavy atom. The van der Waals surface area contributed by atoms with Crippen LogP contribution in [0.1, 0.15) is 17.2 Å². The van der Waals surface area contributed by atoms with Crippen LogP contribution in [0.3, 0.4) is 0 Å². The lowest BCUT2D eigenvalue weighted by Crippen LogP contribution is -2.37. The number of carbonyl (C=O) groups is 2. The molecular weight excluding hydrogens is 347 g/mol. The van der Waals surface area contributed by atoms with Crippen LogP contribution < -0.4 is 16.0 Å². The number of anilines is 1. The number of benzene rings is 2. The standard InChI is InChI=1S/C20H25FN4O2/c1-22-19(26)12-15-6-4-5-7-17(15)24-20(27)23-13-18(25(2)3)14-8-10-16(21)11-9-14/h4-11,18H,12-13H2,1-3H3,(H,22,26)(H2,23,24,27). The molecule has 0 aliphatic rings. The predicted octanol–water partition coefficient (Wildman–Crippen LogP) is 2.54. The molecule has 27 heavy (non-hydrogen) atoms. The number of nitrogens with zero attached hydrogens (tertiary/aromatic N) is 1. The monoisotopic (exact) mass is 372 g/mol. The van der Waals surface area contributed by atoms with E-state index in [9.17, 15) is 14.0 Å². The Hall–Kier alpha value is -2.93. The first-order valence-electron chi connectivity index (χ1n) is 8.66. The molecule has 3 N–H and O–H groups in total. The first-order chi connectivity index (χ1) is 12.9. The first kappa shape index (κ1) is 20.4. The second kappa shape index (κ2) is 9.68. The Kier molecular flexibility index (Phi) is 7.31. The van der Waals surface area contributed by atoms with Gasteiger partial charge in [0.2, 0.25) is 5.91 Å². The minimum Gasteiger partial charge on any atom is -0.359 e. The van der Waals surface area contributed by atoms with Gasteiger partial charge in [-0.15, -0.1) is 0 Å². The van der Waals surface area contributed by atoms with Crippen LogP contribution >= 0.6 is 0 Å². The Balaban J connectivity index is 2.00. The van der Waals surface area contributed by atoms with E-state index < -0.39 is 0 Å². The zero-order valence-corrected chi connectivity index (χ0v) is 15.8. The molecule has 0 bridgehead atoms. The van der Waals surface area contributed by atoms with Gasteiger partial charge in [-0.2, -0.15) is 0 Å².